The van der Waals surface area contributed by atoms with Crippen LogP contribution in [-0.2, 0) is 5.60 Å². The van der Waals surface area contributed by atoms with E-state index in [1.54, 1.807) is 12.1 Å². The first-order valence-corrected chi connectivity index (χ1v) is 6.89. The summed E-state index contributed by atoms with van der Waals surface area (Å²) in [6.07, 6.45) is 4.62. The van der Waals surface area contributed by atoms with E-state index in [2.05, 4.69) is 4.90 Å². The molecule has 1 aliphatic carbocycles. The minimum absolute atomic E-state index is 0.238. The van der Waals surface area contributed by atoms with Gasteiger partial charge in [0.2, 0.25) is 0 Å². The largest absolute Gasteiger partial charge is 0.384 e. The van der Waals surface area contributed by atoms with Gasteiger partial charge in [0.15, 0.2) is 0 Å². The molecule has 18 heavy (non-hydrogen) atoms. The lowest BCUT2D eigenvalue weighted by molar-refractivity contribution is -0.0159. The molecular weight excluding hydrogens is 229 g/mol. The van der Waals surface area contributed by atoms with Gasteiger partial charge in [-0.2, -0.15) is 0 Å². The van der Waals surface area contributed by atoms with Crippen molar-refractivity contribution in [1.82, 2.24) is 4.90 Å². The molecule has 1 saturated heterocycles. The second-order valence-electron chi connectivity index (χ2n) is 5.69. The van der Waals surface area contributed by atoms with Crippen LogP contribution in [0.2, 0.25) is 0 Å². The fraction of sp³-hybridized carbons (Fsp3) is 0.600. The van der Waals surface area contributed by atoms with Gasteiger partial charge < -0.3 is 10.0 Å². The zero-order valence-corrected chi connectivity index (χ0v) is 10.6. The van der Waals surface area contributed by atoms with Crippen molar-refractivity contribution in [3.05, 3.63) is 35.6 Å². The fourth-order valence-electron chi connectivity index (χ4n) is 3.04. The van der Waals surface area contributed by atoms with Crippen LogP contribution in [0.4, 0.5) is 4.39 Å². The Kier molecular flexibility index (Phi) is 3.12. The lowest BCUT2D eigenvalue weighted by Gasteiger charge is -2.33. The highest BCUT2D eigenvalue weighted by molar-refractivity contribution is 5.26. The number of aliphatic hydroxyl groups is 1. The van der Waals surface area contributed by atoms with Gasteiger partial charge in [-0.05, 0) is 62.4 Å². The third kappa shape index (κ3) is 2.29. The van der Waals surface area contributed by atoms with E-state index in [9.17, 15) is 9.50 Å². The summed E-state index contributed by atoms with van der Waals surface area (Å²) in [7, 11) is 0. The maximum absolute atomic E-state index is 13.0. The molecule has 1 aliphatic heterocycles. The molecule has 0 aromatic heterocycles. The maximum atomic E-state index is 13.0. The molecule has 1 aromatic carbocycles. The SMILES string of the molecule is OC(CN1CCCC1)(c1ccc(F)cc1)C1CC1. The molecule has 0 radical (unpaired) electrons. The van der Waals surface area contributed by atoms with Crippen molar-refractivity contribution in [3.63, 3.8) is 0 Å². The number of rotatable bonds is 4. The van der Waals surface area contributed by atoms with Crippen LogP contribution in [0.5, 0.6) is 0 Å². The Morgan fingerprint density at radius 3 is 2.33 bits per heavy atom. The van der Waals surface area contributed by atoms with Crippen molar-refractivity contribution in [2.45, 2.75) is 31.3 Å². The predicted molar refractivity (Wildman–Crippen MR) is 68.7 cm³/mol. The first-order chi connectivity index (χ1) is 8.68. The minimum atomic E-state index is -0.780. The summed E-state index contributed by atoms with van der Waals surface area (Å²) in [5, 5.41) is 11.0. The highest BCUT2D eigenvalue weighted by atomic mass is 19.1. The van der Waals surface area contributed by atoms with Crippen LogP contribution in [0.15, 0.2) is 24.3 Å². The number of hydrogen-bond acceptors (Lipinski definition) is 2. The standard InChI is InChI=1S/C15H20FNO/c16-14-7-5-13(6-8-14)15(18,12-3-4-12)11-17-9-1-2-10-17/h5-8,12,18H,1-4,9-11H2. The Hall–Kier alpha value is -0.930. The van der Waals surface area contributed by atoms with Gasteiger partial charge in [0, 0.05) is 6.54 Å². The van der Waals surface area contributed by atoms with Crippen LogP contribution in [-0.4, -0.2) is 29.6 Å². The van der Waals surface area contributed by atoms with Crippen LogP contribution in [0.1, 0.15) is 31.2 Å². The van der Waals surface area contributed by atoms with Gasteiger partial charge in [0.05, 0.1) is 0 Å². The third-order valence-corrected chi connectivity index (χ3v) is 4.26. The summed E-state index contributed by atoms with van der Waals surface area (Å²) >= 11 is 0. The number of hydrogen-bond donors (Lipinski definition) is 1. The molecule has 1 heterocycles. The van der Waals surface area contributed by atoms with Crippen molar-refractivity contribution in [3.8, 4) is 0 Å². The van der Waals surface area contributed by atoms with E-state index in [0.29, 0.717) is 12.5 Å². The van der Waals surface area contributed by atoms with Crippen LogP contribution in [0.25, 0.3) is 0 Å². The summed E-state index contributed by atoms with van der Waals surface area (Å²) < 4.78 is 13.0. The highest BCUT2D eigenvalue weighted by Gasteiger charge is 2.46. The fourth-order valence-corrected chi connectivity index (χ4v) is 3.04. The van der Waals surface area contributed by atoms with Gasteiger partial charge in [-0.15, -0.1) is 0 Å². The van der Waals surface area contributed by atoms with E-state index >= 15 is 0 Å². The molecule has 98 valence electrons. The Morgan fingerprint density at radius 2 is 1.78 bits per heavy atom. The molecule has 1 N–H and O–H groups in total. The van der Waals surface area contributed by atoms with Crippen molar-refractivity contribution < 1.29 is 9.50 Å². The first-order valence-electron chi connectivity index (χ1n) is 6.89. The monoisotopic (exact) mass is 249 g/mol. The first kappa shape index (κ1) is 12.1. The summed E-state index contributed by atoms with van der Waals surface area (Å²) in [4.78, 5) is 2.33. The van der Waals surface area contributed by atoms with Crippen molar-refractivity contribution in [2.75, 3.05) is 19.6 Å². The van der Waals surface area contributed by atoms with Crippen molar-refractivity contribution >= 4 is 0 Å². The molecule has 0 amide bonds. The second kappa shape index (κ2) is 4.63. The van der Waals surface area contributed by atoms with Crippen molar-refractivity contribution in [2.24, 2.45) is 5.92 Å². The van der Waals surface area contributed by atoms with Crippen LogP contribution >= 0.6 is 0 Å². The molecule has 1 saturated carbocycles. The Morgan fingerprint density at radius 1 is 1.17 bits per heavy atom. The smallest absolute Gasteiger partial charge is 0.123 e. The molecule has 1 atom stereocenters. The van der Waals surface area contributed by atoms with E-state index in [1.165, 1.54) is 25.0 Å². The number of halogens is 1. The van der Waals surface area contributed by atoms with Crippen molar-refractivity contribution in [1.29, 1.82) is 0 Å². The number of β-amino-alcohol motifs (C(OH)–C–C–N with tert-alkyl or cyclic N) is 1. The van der Waals surface area contributed by atoms with E-state index in [-0.39, 0.29) is 5.82 Å². The molecule has 2 nitrogen and oxygen atoms in total. The molecular formula is C15H20FNO. The molecule has 2 aliphatic rings. The molecule has 1 unspecified atom stereocenters. The number of nitrogens with zero attached hydrogens (tertiary/aromatic N) is 1. The minimum Gasteiger partial charge on any atom is -0.384 e. The summed E-state index contributed by atoms with van der Waals surface area (Å²) in [5.41, 5.74) is 0.0937. The van der Waals surface area contributed by atoms with E-state index < -0.39 is 5.60 Å². The molecule has 3 heteroatoms. The Bertz CT molecular complexity index is 409. The third-order valence-electron chi connectivity index (χ3n) is 4.26. The quantitative estimate of drug-likeness (QED) is 0.886. The van der Waals surface area contributed by atoms with E-state index in [0.717, 1.165) is 31.5 Å². The van der Waals surface area contributed by atoms with Gasteiger partial charge in [-0.25, -0.2) is 4.39 Å². The zero-order chi connectivity index (χ0) is 12.6. The molecule has 0 bridgehead atoms. The maximum Gasteiger partial charge on any atom is 0.123 e. The molecule has 0 spiro atoms. The number of likely N-dealkylation sites (tertiary alicyclic amines) is 1. The lowest BCUT2D eigenvalue weighted by atomic mass is 9.88. The number of benzene rings is 1. The molecule has 1 aromatic rings. The summed E-state index contributed by atoms with van der Waals surface area (Å²) in [6.45, 7) is 2.86. The van der Waals surface area contributed by atoms with Gasteiger partial charge in [-0.3, -0.25) is 0 Å². The van der Waals surface area contributed by atoms with Gasteiger partial charge >= 0.3 is 0 Å². The highest BCUT2D eigenvalue weighted by Crippen LogP contribution is 2.46. The van der Waals surface area contributed by atoms with Gasteiger partial charge in [0.25, 0.3) is 0 Å². The van der Waals surface area contributed by atoms with Crippen LogP contribution in [0.3, 0.4) is 0 Å². The lowest BCUT2D eigenvalue weighted by Crippen LogP contribution is -2.41. The zero-order valence-electron chi connectivity index (χ0n) is 10.6. The second-order valence-corrected chi connectivity index (χ2v) is 5.69. The summed E-state index contributed by atoms with van der Waals surface area (Å²) in [5.74, 6) is 0.113. The normalized spacial score (nSPS) is 24.1. The van der Waals surface area contributed by atoms with Crippen LogP contribution < -0.4 is 0 Å². The Labute approximate surface area is 107 Å². The van der Waals surface area contributed by atoms with E-state index in [4.69, 9.17) is 0 Å². The summed E-state index contributed by atoms with van der Waals surface area (Å²) in [6, 6.07) is 6.38. The molecule has 3 rings (SSSR count). The topological polar surface area (TPSA) is 23.5 Å². The average Bonchev–Trinajstić information content (AvgIpc) is 3.11. The average molecular weight is 249 g/mol. The Balaban J connectivity index is 1.83. The van der Waals surface area contributed by atoms with Gasteiger partial charge in [-0.1, -0.05) is 12.1 Å². The predicted octanol–water partition coefficient (Wildman–Crippen LogP) is 2.52. The van der Waals surface area contributed by atoms with Gasteiger partial charge in [0.1, 0.15) is 11.4 Å². The van der Waals surface area contributed by atoms with E-state index in [1.807, 2.05) is 0 Å². The molecule has 2 fully saturated rings. The van der Waals surface area contributed by atoms with Crippen LogP contribution in [0, 0.1) is 11.7 Å².